The summed E-state index contributed by atoms with van der Waals surface area (Å²) < 4.78 is 15.7. The summed E-state index contributed by atoms with van der Waals surface area (Å²) in [4.78, 5) is 21.3. The first-order valence-electron chi connectivity index (χ1n) is 8.52. The molecule has 0 aliphatic rings. The predicted octanol–water partition coefficient (Wildman–Crippen LogP) is 4.03. The van der Waals surface area contributed by atoms with Crippen LogP contribution in [-0.2, 0) is 10.5 Å². The van der Waals surface area contributed by atoms with Crippen LogP contribution in [0.4, 0.5) is 5.69 Å². The summed E-state index contributed by atoms with van der Waals surface area (Å²) in [6.45, 7) is -0.201. The number of hydrogen-bond acceptors (Lipinski definition) is 8. The standard InChI is InChI=1S/C20H22N2O6S/c1-26-14-9-17(23)15(19(10-14)28-3)6-7-29-12-13-4-5-18(27-2)16(8-13)21-11-20(24)22-25/h4-10,21,23H,11-12H2,1-3H3/b7-6+. The Hall–Kier alpha value is -3.20. The SMILES string of the molecule is COc1cc(O)c(/C=C/SCc2ccc(OC)c(NCC(=O)N=O)c2)c(OC)c1. The lowest BCUT2D eigenvalue weighted by molar-refractivity contribution is -0.116. The summed E-state index contributed by atoms with van der Waals surface area (Å²) in [5, 5.41) is 17.2. The van der Waals surface area contributed by atoms with Crippen LogP contribution >= 0.6 is 11.8 Å². The molecule has 0 bridgehead atoms. The molecule has 0 aliphatic heterocycles. The van der Waals surface area contributed by atoms with E-state index < -0.39 is 5.91 Å². The number of ether oxygens (including phenoxy) is 3. The van der Waals surface area contributed by atoms with Gasteiger partial charge in [-0.25, -0.2) is 0 Å². The minimum atomic E-state index is -0.789. The number of anilines is 1. The fraction of sp³-hybridized carbons (Fsp3) is 0.250. The van der Waals surface area contributed by atoms with E-state index in [0.29, 0.717) is 34.3 Å². The molecule has 29 heavy (non-hydrogen) atoms. The Kier molecular flexibility index (Phi) is 8.35. The molecular formula is C20H22N2O6S. The maximum Gasteiger partial charge on any atom is 0.305 e. The Bertz CT molecular complexity index is 901. The average molecular weight is 418 g/mol. The normalized spacial score (nSPS) is 10.6. The molecular weight excluding hydrogens is 396 g/mol. The largest absolute Gasteiger partial charge is 0.507 e. The summed E-state index contributed by atoms with van der Waals surface area (Å²) in [5.41, 5.74) is 2.12. The molecule has 0 unspecified atom stereocenters. The Labute approximate surface area is 172 Å². The number of nitroso groups, excluding NO2 is 1. The smallest absolute Gasteiger partial charge is 0.305 e. The number of carbonyl (C=O) groups excluding carboxylic acids is 1. The Morgan fingerprint density at radius 1 is 1.14 bits per heavy atom. The van der Waals surface area contributed by atoms with E-state index in [2.05, 4.69) is 10.5 Å². The number of methoxy groups -OCH3 is 3. The molecule has 0 fully saturated rings. The van der Waals surface area contributed by atoms with Crippen molar-refractivity contribution in [2.24, 2.45) is 5.18 Å². The summed E-state index contributed by atoms with van der Waals surface area (Å²) in [7, 11) is 4.56. The maximum absolute atomic E-state index is 11.1. The van der Waals surface area contributed by atoms with Crippen molar-refractivity contribution in [2.45, 2.75) is 5.75 Å². The Morgan fingerprint density at radius 2 is 1.90 bits per heavy atom. The van der Waals surface area contributed by atoms with Gasteiger partial charge in [-0.15, -0.1) is 16.7 Å². The lowest BCUT2D eigenvalue weighted by atomic mass is 10.1. The molecule has 0 saturated carbocycles. The Morgan fingerprint density at radius 3 is 2.55 bits per heavy atom. The predicted molar refractivity (Wildman–Crippen MR) is 114 cm³/mol. The minimum Gasteiger partial charge on any atom is -0.507 e. The molecule has 2 aromatic rings. The van der Waals surface area contributed by atoms with Gasteiger partial charge in [0.05, 0.1) is 32.6 Å². The number of amides is 1. The molecule has 2 aromatic carbocycles. The molecule has 0 spiro atoms. The molecule has 154 valence electrons. The lowest BCUT2D eigenvalue weighted by Crippen LogP contribution is -2.11. The highest BCUT2D eigenvalue weighted by Gasteiger charge is 2.10. The van der Waals surface area contributed by atoms with E-state index in [1.807, 2.05) is 17.5 Å². The van der Waals surface area contributed by atoms with Gasteiger partial charge in [0.2, 0.25) is 0 Å². The summed E-state index contributed by atoms with van der Waals surface area (Å²) in [6.07, 6.45) is 1.76. The van der Waals surface area contributed by atoms with Crippen molar-refractivity contribution in [3.05, 3.63) is 51.8 Å². The number of phenols is 1. The number of benzene rings is 2. The number of aromatic hydroxyl groups is 1. The van der Waals surface area contributed by atoms with Gasteiger partial charge in [-0.2, -0.15) is 0 Å². The van der Waals surface area contributed by atoms with Gasteiger partial charge in [-0.1, -0.05) is 6.07 Å². The van der Waals surface area contributed by atoms with Crippen molar-refractivity contribution in [3.63, 3.8) is 0 Å². The summed E-state index contributed by atoms with van der Waals surface area (Å²) in [5.74, 6) is 1.47. The van der Waals surface area contributed by atoms with Crippen LogP contribution in [0.3, 0.4) is 0 Å². The van der Waals surface area contributed by atoms with Gasteiger partial charge < -0.3 is 24.6 Å². The van der Waals surface area contributed by atoms with Gasteiger partial charge >= 0.3 is 5.91 Å². The highest BCUT2D eigenvalue weighted by Crippen LogP contribution is 2.35. The first kappa shape index (κ1) is 22.1. The minimum absolute atomic E-state index is 0.0578. The third kappa shape index (κ3) is 6.15. The van der Waals surface area contributed by atoms with Gasteiger partial charge in [0.1, 0.15) is 29.5 Å². The second-order valence-corrected chi connectivity index (χ2v) is 6.64. The lowest BCUT2D eigenvalue weighted by Gasteiger charge is -2.11. The van der Waals surface area contributed by atoms with E-state index in [4.69, 9.17) is 14.2 Å². The second kappa shape index (κ2) is 11.0. The van der Waals surface area contributed by atoms with Crippen molar-refractivity contribution in [3.8, 4) is 23.0 Å². The maximum atomic E-state index is 11.1. The van der Waals surface area contributed by atoms with Crippen molar-refractivity contribution in [1.29, 1.82) is 0 Å². The molecule has 2 N–H and O–H groups in total. The van der Waals surface area contributed by atoms with Gasteiger partial charge in [-0.05, 0) is 29.2 Å². The zero-order chi connectivity index (χ0) is 21.2. The van der Waals surface area contributed by atoms with Crippen LogP contribution in [0, 0.1) is 4.91 Å². The second-order valence-electron chi connectivity index (χ2n) is 5.75. The van der Waals surface area contributed by atoms with Gasteiger partial charge in [0.25, 0.3) is 0 Å². The third-order valence-electron chi connectivity index (χ3n) is 3.93. The summed E-state index contributed by atoms with van der Waals surface area (Å²) in [6, 6.07) is 8.73. The molecule has 0 aromatic heterocycles. The van der Waals surface area contributed by atoms with E-state index in [-0.39, 0.29) is 12.3 Å². The van der Waals surface area contributed by atoms with Crippen molar-refractivity contribution in [2.75, 3.05) is 33.2 Å². The first-order chi connectivity index (χ1) is 14.0. The van der Waals surface area contributed by atoms with Crippen molar-refractivity contribution in [1.82, 2.24) is 0 Å². The Balaban J connectivity index is 2.06. The zero-order valence-electron chi connectivity index (χ0n) is 16.3. The number of nitrogens with zero attached hydrogens (tertiary/aromatic N) is 1. The zero-order valence-corrected chi connectivity index (χ0v) is 17.1. The number of thioether (sulfide) groups is 1. The van der Waals surface area contributed by atoms with Crippen LogP contribution in [-0.4, -0.2) is 38.9 Å². The van der Waals surface area contributed by atoms with Crippen LogP contribution in [0.5, 0.6) is 23.0 Å². The molecule has 1 amide bonds. The quantitative estimate of drug-likeness (QED) is 0.557. The van der Waals surface area contributed by atoms with Crippen molar-refractivity contribution < 1.29 is 24.1 Å². The van der Waals surface area contributed by atoms with E-state index in [9.17, 15) is 14.8 Å². The topological polar surface area (TPSA) is 106 Å². The number of rotatable bonds is 10. The monoisotopic (exact) mass is 418 g/mol. The van der Waals surface area contributed by atoms with Crippen LogP contribution < -0.4 is 19.5 Å². The van der Waals surface area contributed by atoms with E-state index in [1.165, 1.54) is 39.2 Å². The van der Waals surface area contributed by atoms with Gasteiger partial charge in [0.15, 0.2) is 0 Å². The van der Waals surface area contributed by atoms with Crippen LogP contribution in [0.1, 0.15) is 11.1 Å². The fourth-order valence-electron chi connectivity index (χ4n) is 2.49. The van der Waals surface area contributed by atoms with Gasteiger partial charge in [0, 0.05) is 23.1 Å². The van der Waals surface area contributed by atoms with Gasteiger partial charge in [-0.3, -0.25) is 4.79 Å². The number of nitrogens with one attached hydrogen (secondary N) is 1. The van der Waals surface area contributed by atoms with Crippen LogP contribution in [0.25, 0.3) is 6.08 Å². The highest BCUT2D eigenvalue weighted by atomic mass is 32.2. The number of hydrogen-bond donors (Lipinski definition) is 2. The molecule has 0 aliphatic carbocycles. The highest BCUT2D eigenvalue weighted by molar-refractivity contribution is 8.01. The number of phenolic OH excluding ortho intramolecular Hbond substituents is 1. The average Bonchev–Trinajstić information content (AvgIpc) is 2.75. The third-order valence-corrected chi connectivity index (χ3v) is 4.75. The van der Waals surface area contributed by atoms with Crippen molar-refractivity contribution >= 4 is 29.4 Å². The molecule has 8 nitrogen and oxygen atoms in total. The van der Waals surface area contributed by atoms with Crippen LogP contribution in [0.15, 0.2) is 40.9 Å². The molecule has 2 rings (SSSR count). The molecule has 0 radical (unpaired) electrons. The summed E-state index contributed by atoms with van der Waals surface area (Å²) >= 11 is 1.51. The molecule has 0 heterocycles. The first-order valence-corrected chi connectivity index (χ1v) is 9.57. The fourth-order valence-corrected chi connectivity index (χ4v) is 3.19. The van der Waals surface area contributed by atoms with E-state index in [1.54, 1.807) is 18.2 Å². The molecule has 0 atom stereocenters. The van der Waals surface area contributed by atoms with E-state index >= 15 is 0 Å². The molecule has 9 heteroatoms. The number of carbonyl (C=O) groups is 1. The van der Waals surface area contributed by atoms with E-state index in [0.717, 1.165) is 5.56 Å². The van der Waals surface area contributed by atoms with Crippen LogP contribution in [0.2, 0.25) is 0 Å². The molecule has 0 saturated heterocycles.